The molecule has 1 rings (SSSR count). The van der Waals surface area contributed by atoms with Gasteiger partial charge in [0.25, 0.3) is 0 Å². The number of aromatic carboxylic acids is 1. The first-order valence-corrected chi connectivity index (χ1v) is 2.93. The molecule has 0 amide bonds. The number of rotatable bonds is 2. The van der Waals surface area contributed by atoms with E-state index in [0.29, 0.717) is 6.26 Å². The highest BCUT2D eigenvalue weighted by molar-refractivity contribution is 6.73. The lowest BCUT2D eigenvalue weighted by atomic mass is 9.84. The first-order chi connectivity index (χ1) is 5.43. The summed E-state index contributed by atoms with van der Waals surface area (Å²) in [5.74, 6) is -1.64. The third-order valence-electron chi connectivity index (χ3n) is 1.22. The first-order valence-electron chi connectivity index (χ1n) is 2.93. The Hall–Kier alpha value is -1.40. The number of hydrogen-bond donors (Lipinski definition) is 1. The summed E-state index contributed by atoms with van der Waals surface area (Å²) in [7, 11) is 0. The van der Waals surface area contributed by atoms with Crippen LogP contribution in [-0.2, 0) is 0 Å². The van der Waals surface area contributed by atoms with Crippen LogP contribution in [0.5, 0.6) is 0 Å². The minimum atomic E-state index is -5.38. The molecule has 12 heavy (non-hydrogen) atoms. The second kappa shape index (κ2) is 2.58. The van der Waals surface area contributed by atoms with E-state index in [-0.39, 0.29) is 0 Å². The molecule has 7 heteroatoms. The minimum Gasteiger partial charge on any atom is -0.500 e. The fraction of sp³-hybridized carbons (Fsp3) is 0. The van der Waals surface area contributed by atoms with E-state index < -0.39 is 24.2 Å². The highest BCUT2D eigenvalue weighted by atomic mass is 19.4. The fourth-order valence-electron chi connectivity index (χ4n) is 0.751. The highest BCUT2D eigenvalue weighted by Crippen LogP contribution is 2.12. The first kappa shape index (κ1) is 8.70. The van der Waals surface area contributed by atoms with E-state index in [1.807, 2.05) is 0 Å². The predicted molar refractivity (Wildman–Crippen MR) is 34.4 cm³/mol. The molecule has 0 radical (unpaired) electrons. The van der Waals surface area contributed by atoms with Crippen LogP contribution in [-0.4, -0.2) is 18.1 Å². The number of carboxylic acids is 1. The predicted octanol–water partition coefficient (Wildman–Crippen LogP) is 1.03. The average molecular weight is 179 g/mol. The molecule has 1 aromatic rings. The van der Waals surface area contributed by atoms with E-state index in [1.54, 1.807) is 0 Å². The van der Waals surface area contributed by atoms with Gasteiger partial charge in [-0.3, -0.25) is 0 Å². The maximum absolute atomic E-state index is 11.9. The molecule has 0 aliphatic heterocycles. The molecule has 0 aliphatic rings. The van der Waals surface area contributed by atoms with Crippen LogP contribution < -0.4 is 5.66 Å². The lowest BCUT2D eigenvalue weighted by molar-refractivity contribution is 0.0697. The molecule has 0 aliphatic carbocycles. The van der Waals surface area contributed by atoms with E-state index >= 15 is 0 Å². The molecule has 66 valence electrons. The summed E-state index contributed by atoms with van der Waals surface area (Å²) in [4.78, 5) is 10.2. The lowest BCUT2D eigenvalue weighted by Gasteiger charge is -2.11. The van der Waals surface area contributed by atoms with E-state index in [0.717, 1.165) is 6.07 Å². The van der Waals surface area contributed by atoms with Crippen LogP contribution >= 0.6 is 0 Å². The Morgan fingerprint density at radius 3 is 2.42 bits per heavy atom. The molecular formula is C5H3BF3O3-. The molecule has 0 atom stereocenters. The zero-order valence-electron chi connectivity index (χ0n) is 5.63. The molecule has 0 aromatic carbocycles. The molecule has 0 fully saturated rings. The van der Waals surface area contributed by atoms with Crippen LogP contribution in [0.4, 0.5) is 12.9 Å². The Bertz CT molecular complexity index is 303. The van der Waals surface area contributed by atoms with Gasteiger partial charge in [-0.1, -0.05) is 0 Å². The molecule has 1 N–H and O–H groups in total. The van der Waals surface area contributed by atoms with Gasteiger partial charge in [0, 0.05) is 0 Å². The van der Waals surface area contributed by atoms with Gasteiger partial charge in [-0.25, -0.2) is 4.79 Å². The molecule has 3 nitrogen and oxygen atoms in total. The van der Waals surface area contributed by atoms with Crippen molar-refractivity contribution in [1.82, 2.24) is 0 Å². The number of carboxylic acid groups (broad SMARTS) is 1. The van der Waals surface area contributed by atoms with Crippen molar-refractivity contribution in [3.63, 3.8) is 0 Å². The maximum Gasteiger partial charge on any atom is 0.545 e. The van der Waals surface area contributed by atoms with Crippen molar-refractivity contribution in [2.24, 2.45) is 0 Å². The van der Waals surface area contributed by atoms with E-state index in [2.05, 4.69) is 4.42 Å². The average Bonchev–Trinajstić information content (AvgIpc) is 2.30. The molecule has 0 saturated carbocycles. The highest BCUT2D eigenvalue weighted by Gasteiger charge is 2.34. The van der Waals surface area contributed by atoms with E-state index in [1.165, 1.54) is 0 Å². The number of carbonyl (C=O) groups is 1. The molecule has 0 bridgehead atoms. The van der Waals surface area contributed by atoms with Gasteiger partial charge < -0.3 is 22.5 Å². The summed E-state index contributed by atoms with van der Waals surface area (Å²) >= 11 is 0. The van der Waals surface area contributed by atoms with Crippen molar-refractivity contribution >= 4 is 18.6 Å². The smallest absolute Gasteiger partial charge is 0.500 e. The van der Waals surface area contributed by atoms with Crippen LogP contribution in [0.1, 0.15) is 10.4 Å². The van der Waals surface area contributed by atoms with Crippen molar-refractivity contribution in [2.45, 2.75) is 0 Å². The van der Waals surface area contributed by atoms with Gasteiger partial charge >= 0.3 is 12.9 Å². The molecule has 0 unspecified atom stereocenters. The van der Waals surface area contributed by atoms with Crippen molar-refractivity contribution in [2.75, 3.05) is 0 Å². The van der Waals surface area contributed by atoms with Crippen LogP contribution in [0.15, 0.2) is 16.7 Å². The zero-order chi connectivity index (χ0) is 9.35. The van der Waals surface area contributed by atoms with Gasteiger partial charge in [0.15, 0.2) is 0 Å². The lowest BCUT2D eigenvalue weighted by Crippen LogP contribution is -2.36. The SMILES string of the molecule is O=C(O)c1ccoc1[B-](F)(F)F. The van der Waals surface area contributed by atoms with Crippen molar-refractivity contribution in [1.29, 1.82) is 0 Å². The summed E-state index contributed by atoms with van der Waals surface area (Å²) in [5.41, 5.74) is -2.26. The van der Waals surface area contributed by atoms with Gasteiger partial charge in [0.1, 0.15) is 0 Å². The Labute approximate surface area is 64.8 Å². The number of furan rings is 1. The number of hydrogen-bond acceptors (Lipinski definition) is 2. The Balaban J connectivity index is 3.17. The second-order valence-corrected chi connectivity index (χ2v) is 2.08. The van der Waals surface area contributed by atoms with Crippen LogP contribution in [0, 0.1) is 0 Å². The second-order valence-electron chi connectivity index (χ2n) is 2.08. The maximum atomic E-state index is 11.9. The standard InChI is InChI=1S/C5H3BF3O3/c7-6(8,9)4-3(5(10)11)1-2-12-4/h1-2H,(H,10,11)/q-1. The number of halogens is 3. The Kier molecular flexibility index (Phi) is 1.87. The van der Waals surface area contributed by atoms with Gasteiger partial charge in [0.05, 0.1) is 17.5 Å². The third kappa shape index (κ3) is 1.44. The summed E-state index contributed by atoms with van der Waals surface area (Å²) < 4.78 is 39.9. The minimum absolute atomic E-state index is 0.702. The van der Waals surface area contributed by atoms with Gasteiger partial charge in [-0.15, -0.1) is 0 Å². The van der Waals surface area contributed by atoms with E-state index in [4.69, 9.17) is 5.11 Å². The monoisotopic (exact) mass is 179 g/mol. The molecule has 0 saturated heterocycles. The van der Waals surface area contributed by atoms with Crippen molar-refractivity contribution in [3.8, 4) is 0 Å². The van der Waals surface area contributed by atoms with Crippen LogP contribution in [0.25, 0.3) is 0 Å². The molecular weight excluding hydrogens is 176 g/mol. The largest absolute Gasteiger partial charge is 0.545 e. The van der Waals surface area contributed by atoms with E-state index in [9.17, 15) is 17.7 Å². The van der Waals surface area contributed by atoms with Crippen LogP contribution in [0.3, 0.4) is 0 Å². The fourth-order valence-corrected chi connectivity index (χ4v) is 0.751. The third-order valence-corrected chi connectivity index (χ3v) is 1.22. The molecule has 1 heterocycles. The molecule has 1 aromatic heterocycles. The summed E-state index contributed by atoms with van der Waals surface area (Å²) in [5, 5.41) is 8.27. The topological polar surface area (TPSA) is 50.4 Å². The Morgan fingerprint density at radius 1 is 1.50 bits per heavy atom. The zero-order valence-corrected chi connectivity index (χ0v) is 5.63. The summed E-state index contributed by atoms with van der Waals surface area (Å²) in [6, 6.07) is 0.771. The van der Waals surface area contributed by atoms with Gasteiger partial charge in [-0.2, -0.15) is 0 Å². The summed E-state index contributed by atoms with van der Waals surface area (Å²) in [6.45, 7) is -5.38. The van der Waals surface area contributed by atoms with Gasteiger partial charge in [-0.05, 0) is 6.07 Å². The normalized spacial score (nSPS) is 11.6. The quantitative estimate of drug-likeness (QED) is 0.689. The summed E-state index contributed by atoms with van der Waals surface area (Å²) in [6.07, 6.45) is 0.702. The van der Waals surface area contributed by atoms with Crippen LogP contribution in [0.2, 0.25) is 0 Å². The molecule has 0 spiro atoms. The Morgan fingerprint density at radius 2 is 2.08 bits per heavy atom. The van der Waals surface area contributed by atoms with Crippen molar-refractivity contribution < 1.29 is 27.3 Å². The van der Waals surface area contributed by atoms with Gasteiger partial charge in [0.2, 0.25) is 0 Å². The van der Waals surface area contributed by atoms with Crippen molar-refractivity contribution in [3.05, 3.63) is 17.9 Å².